The van der Waals surface area contributed by atoms with Gasteiger partial charge >= 0.3 is 0 Å². The zero-order valence-electron chi connectivity index (χ0n) is 26.4. The Morgan fingerprint density at radius 3 is 1.74 bits per heavy atom. The van der Waals surface area contributed by atoms with E-state index in [2.05, 4.69) is 143 Å². The fourth-order valence-electron chi connectivity index (χ4n) is 6.63. The molecule has 4 aromatic carbocycles. The van der Waals surface area contributed by atoms with Crippen LogP contribution in [0.1, 0.15) is 47.9 Å². The minimum atomic E-state index is -1.31. The number of fused-ring (bicyclic) bond motifs is 2. The zero-order chi connectivity index (χ0) is 29.6. The number of hydrogen-bond acceptors (Lipinski definition) is 0. The first-order chi connectivity index (χ1) is 20.0. The molecule has 212 valence electrons. The van der Waals surface area contributed by atoms with Crippen molar-refractivity contribution < 1.29 is 0 Å². The van der Waals surface area contributed by atoms with Gasteiger partial charge in [0, 0.05) is 5.92 Å². The van der Waals surface area contributed by atoms with E-state index >= 15 is 0 Å². The lowest BCUT2D eigenvalue weighted by molar-refractivity contribution is 0.716. The van der Waals surface area contributed by atoms with Gasteiger partial charge in [-0.25, -0.2) is 0 Å². The molecule has 2 aliphatic carbocycles. The first kappa shape index (κ1) is 29.1. The molecule has 0 bridgehead atoms. The third kappa shape index (κ3) is 5.67. The molecule has 6 rings (SSSR count). The Labute approximate surface area is 258 Å². The molecule has 0 heterocycles. The summed E-state index contributed by atoms with van der Waals surface area (Å²) in [4.78, 5) is 0. The minimum Gasteiger partial charge on any atom is -0.0748 e. The van der Waals surface area contributed by atoms with Crippen LogP contribution in [-0.2, 0) is 6.42 Å². The van der Waals surface area contributed by atoms with E-state index in [9.17, 15) is 0 Å². The fourth-order valence-corrected chi connectivity index (χ4v) is 10.5. The smallest absolute Gasteiger partial charge is 0.0748 e. The average molecular weight is 597 g/mol. The third-order valence-electron chi connectivity index (χ3n) is 9.09. The molecule has 1 atom stereocenters. The Morgan fingerprint density at radius 2 is 1.19 bits per heavy atom. The van der Waals surface area contributed by atoms with Crippen molar-refractivity contribution in [1.82, 2.24) is 0 Å². The van der Waals surface area contributed by atoms with Crippen molar-refractivity contribution in [2.75, 3.05) is 0 Å². The lowest BCUT2D eigenvalue weighted by Gasteiger charge is -2.18. The topological polar surface area (TPSA) is 0 Å². The van der Waals surface area contributed by atoms with E-state index in [1.165, 1.54) is 67.7 Å². The van der Waals surface area contributed by atoms with Gasteiger partial charge in [0.2, 0.25) is 0 Å². The van der Waals surface area contributed by atoms with Crippen molar-refractivity contribution in [3.63, 3.8) is 0 Å². The van der Waals surface area contributed by atoms with Crippen LogP contribution in [0.15, 0.2) is 95.3 Å². The van der Waals surface area contributed by atoms with Gasteiger partial charge in [-0.1, -0.05) is 170 Å². The summed E-state index contributed by atoms with van der Waals surface area (Å²) in [5.74, 6) is 0.530. The van der Waals surface area contributed by atoms with E-state index in [0.717, 1.165) is 15.9 Å². The molecule has 0 amide bonds. The summed E-state index contributed by atoms with van der Waals surface area (Å²) in [6.07, 6.45) is 8.59. The van der Waals surface area contributed by atoms with Crippen LogP contribution in [0.3, 0.4) is 0 Å². The van der Waals surface area contributed by atoms with Crippen molar-refractivity contribution in [3.05, 3.63) is 118 Å². The summed E-state index contributed by atoms with van der Waals surface area (Å²) in [5.41, 5.74) is 11.4. The molecule has 2 aliphatic rings. The Balaban J connectivity index is 1.31. The number of allylic oxidation sites excluding steroid dienone is 2. The monoisotopic (exact) mass is 596 g/mol. The first-order valence-corrected chi connectivity index (χ1v) is 23.7. The molecule has 0 nitrogen and oxygen atoms in total. The lowest BCUT2D eigenvalue weighted by Crippen LogP contribution is -2.37. The molecule has 0 saturated carbocycles. The highest BCUT2D eigenvalue weighted by atomic mass is 28.3. The largest absolute Gasteiger partial charge is 0.111 e. The summed E-state index contributed by atoms with van der Waals surface area (Å²) >= 11 is 0. The number of benzene rings is 4. The van der Waals surface area contributed by atoms with Gasteiger partial charge < -0.3 is 0 Å². The molecule has 0 fully saturated rings. The van der Waals surface area contributed by atoms with Crippen LogP contribution >= 0.6 is 0 Å². The molecule has 0 aromatic heterocycles. The summed E-state index contributed by atoms with van der Waals surface area (Å²) in [7, 11) is -1.87. The summed E-state index contributed by atoms with van der Waals surface area (Å²) < 4.78 is 0. The second-order valence-electron chi connectivity index (χ2n) is 14.3. The second-order valence-corrected chi connectivity index (χ2v) is 25.9. The second kappa shape index (κ2) is 11.3. The summed E-state index contributed by atoms with van der Waals surface area (Å²) in [5, 5.41) is 6.26. The molecular formula is C39H44Si3. The van der Waals surface area contributed by atoms with E-state index in [1.807, 2.05) is 0 Å². The quantitative estimate of drug-likeness (QED) is 0.178. The maximum absolute atomic E-state index is 2.57. The van der Waals surface area contributed by atoms with Crippen LogP contribution in [0, 0.1) is 0 Å². The molecule has 42 heavy (non-hydrogen) atoms. The molecule has 4 aromatic rings. The van der Waals surface area contributed by atoms with Gasteiger partial charge in [-0.05, 0) is 57.3 Å². The SMILES string of the molecule is CCCC1C([Si]C2=Cc3c(cccc3-c3ccc([Si](C)(C)C)cc3)C2)=Cc2c(-c3ccc([Si](C)(C)C)cc3)cccc21. The van der Waals surface area contributed by atoms with E-state index < -0.39 is 16.1 Å². The highest BCUT2D eigenvalue weighted by molar-refractivity contribution is 6.89. The Bertz CT molecular complexity index is 1670. The van der Waals surface area contributed by atoms with Gasteiger partial charge in [0.1, 0.15) is 9.52 Å². The van der Waals surface area contributed by atoms with Crippen molar-refractivity contribution in [3.8, 4) is 22.3 Å². The van der Waals surface area contributed by atoms with E-state index in [0.29, 0.717) is 5.92 Å². The fraction of sp³-hybridized carbons (Fsp3) is 0.282. The van der Waals surface area contributed by atoms with Crippen LogP contribution in [0.2, 0.25) is 39.3 Å². The number of rotatable bonds is 8. The predicted octanol–water partition coefficient (Wildman–Crippen LogP) is 9.65. The van der Waals surface area contributed by atoms with Crippen molar-refractivity contribution in [2.24, 2.45) is 0 Å². The first-order valence-electron chi connectivity index (χ1n) is 15.7. The normalized spacial score (nSPS) is 16.2. The van der Waals surface area contributed by atoms with Crippen LogP contribution < -0.4 is 10.4 Å². The molecule has 1 unspecified atom stereocenters. The van der Waals surface area contributed by atoms with Gasteiger partial charge in [0.15, 0.2) is 0 Å². The molecule has 0 saturated heterocycles. The third-order valence-corrected chi connectivity index (χ3v) is 14.6. The Kier molecular flexibility index (Phi) is 7.80. The molecule has 0 aliphatic heterocycles. The van der Waals surface area contributed by atoms with Crippen LogP contribution in [-0.4, -0.2) is 25.7 Å². The molecule has 3 heteroatoms. The van der Waals surface area contributed by atoms with Gasteiger partial charge in [-0.2, -0.15) is 0 Å². The van der Waals surface area contributed by atoms with Gasteiger partial charge in [0.05, 0.1) is 16.1 Å². The predicted molar refractivity (Wildman–Crippen MR) is 193 cm³/mol. The average Bonchev–Trinajstić information content (AvgIpc) is 3.53. The molecule has 0 spiro atoms. The zero-order valence-corrected chi connectivity index (χ0v) is 29.4. The molecular weight excluding hydrogens is 553 g/mol. The standard InChI is InChI=1S/C39H44Si3/c1-8-11-36-35-15-10-14-34(28-18-22-32(23-19-28)42(5,6)7)38(35)26-39(36)40-30-24-29-12-9-13-33(37(29)25-30)27-16-20-31(21-17-27)41(2,3)4/h9-10,12-23,25-26,36H,8,11,24H2,1-7H3. The van der Waals surface area contributed by atoms with Gasteiger partial charge in [-0.3, -0.25) is 0 Å². The van der Waals surface area contributed by atoms with Crippen molar-refractivity contribution >= 4 is 48.2 Å². The van der Waals surface area contributed by atoms with Crippen LogP contribution in [0.25, 0.3) is 34.4 Å². The summed E-state index contributed by atoms with van der Waals surface area (Å²) in [6, 6.07) is 32.8. The Hall–Kier alpha value is -2.99. The van der Waals surface area contributed by atoms with Crippen molar-refractivity contribution in [1.29, 1.82) is 0 Å². The summed E-state index contributed by atoms with van der Waals surface area (Å²) in [6.45, 7) is 16.9. The van der Waals surface area contributed by atoms with Gasteiger partial charge in [-0.15, -0.1) is 0 Å². The highest BCUT2D eigenvalue weighted by Gasteiger charge is 2.29. The molecule has 0 N–H and O–H groups in total. The van der Waals surface area contributed by atoms with Gasteiger partial charge in [0.25, 0.3) is 0 Å². The van der Waals surface area contributed by atoms with E-state index in [4.69, 9.17) is 0 Å². The van der Waals surface area contributed by atoms with E-state index in [1.54, 1.807) is 10.4 Å². The number of hydrogen-bond donors (Lipinski definition) is 0. The van der Waals surface area contributed by atoms with Crippen molar-refractivity contribution in [2.45, 2.75) is 71.4 Å². The molecule has 2 radical (unpaired) electrons. The lowest BCUT2D eigenvalue weighted by atomic mass is 9.92. The maximum Gasteiger partial charge on any atom is 0.111 e. The van der Waals surface area contributed by atoms with Crippen LogP contribution in [0.4, 0.5) is 0 Å². The maximum atomic E-state index is 2.57. The minimum absolute atomic E-state index is 0.530. The van der Waals surface area contributed by atoms with Crippen LogP contribution in [0.5, 0.6) is 0 Å². The van der Waals surface area contributed by atoms with E-state index in [-0.39, 0.29) is 0 Å². The Morgan fingerprint density at radius 1 is 0.643 bits per heavy atom. The highest BCUT2D eigenvalue weighted by Crippen LogP contribution is 2.44.